The van der Waals surface area contributed by atoms with Gasteiger partial charge < -0.3 is 19.1 Å². The van der Waals surface area contributed by atoms with E-state index in [1.165, 1.54) is 0 Å². The van der Waals surface area contributed by atoms with E-state index in [0.717, 1.165) is 25.2 Å². The fourth-order valence-corrected chi connectivity index (χ4v) is 5.19. The molecule has 36 heavy (non-hydrogen) atoms. The van der Waals surface area contributed by atoms with Gasteiger partial charge in [-0.25, -0.2) is 4.98 Å². The number of imidazole rings is 1. The molecule has 9 heteroatoms. The Morgan fingerprint density at radius 1 is 1.11 bits per heavy atom. The third-order valence-electron chi connectivity index (χ3n) is 7.01. The number of pyridine rings is 1. The van der Waals surface area contributed by atoms with Crippen molar-refractivity contribution in [2.75, 3.05) is 39.4 Å². The fourth-order valence-electron chi connectivity index (χ4n) is 5.07. The normalized spacial score (nSPS) is 20.5. The maximum atomic E-state index is 13.3. The van der Waals surface area contributed by atoms with Crippen molar-refractivity contribution in [3.63, 3.8) is 0 Å². The van der Waals surface area contributed by atoms with Gasteiger partial charge in [-0.1, -0.05) is 29.8 Å². The number of morpholine rings is 1. The molecule has 2 saturated heterocycles. The predicted molar refractivity (Wildman–Crippen MR) is 137 cm³/mol. The third kappa shape index (κ3) is 4.40. The molecule has 1 atom stereocenters. The van der Waals surface area contributed by atoms with E-state index in [1.807, 2.05) is 36.6 Å². The summed E-state index contributed by atoms with van der Waals surface area (Å²) in [6.07, 6.45) is 2.56. The maximum absolute atomic E-state index is 13.3. The Morgan fingerprint density at radius 3 is 2.53 bits per heavy atom. The van der Waals surface area contributed by atoms with Crippen molar-refractivity contribution in [3.05, 3.63) is 75.7 Å². The second-order valence-electron chi connectivity index (χ2n) is 9.28. The Hall–Kier alpha value is -3.20. The Morgan fingerprint density at radius 2 is 1.83 bits per heavy atom. The van der Waals surface area contributed by atoms with Gasteiger partial charge in [-0.3, -0.25) is 14.5 Å². The van der Waals surface area contributed by atoms with Crippen LogP contribution in [0.2, 0.25) is 5.02 Å². The van der Waals surface area contributed by atoms with Crippen LogP contribution < -0.4 is 0 Å². The third-order valence-corrected chi connectivity index (χ3v) is 7.26. The molecule has 0 aliphatic carbocycles. The van der Waals surface area contributed by atoms with Crippen LogP contribution in [0.4, 0.5) is 0 Å². The highest BCUT2D eigenvalue weighted by atomic mass is 35.5. The topological polar surface area (TPSA) is 87.4 Å². The summed E-state index contributed by atoms with van der Waals surface area (Å²) in [5.74, 6) is -1.58. The molecule has 0 radical (unpaired) electrons. The molecule has 1 N–H and O–H groups in total. The lowest BCUT2D eigenvalue weighted by atomic mass is 9.96. The number of carbonyl (C=O) groups is 2. The monoisotopic (exact) mass is 508 g/mol. The van der Waals surface area contributed by atoms with Gasteiger partial charge in [0.25, 0.3) is 11.7 Å². The van der Waals surface area contributed by atoms with E-state index in [9.17, 15) is 14.7 Å². The summed E-state index contributed by atoms with van der Waals surface area (Å²) in [4.78, 5) is 35.1. The number of carbonyl (C=O) groups excluding carboxylic acids is 2. The molecule has 0 spiro atoms. The van der Waals surface area contributed by atoms with Crippen LogP contribution >= 0.6 is 11.6 Å². The van der Waals surface area contributed by atoms with E-state index >= 15 is 0 Å². The lowest BCUT2D eigenvalue weighted by molar-refractivity contribution is -0.140. The van der Waals surface area contributed by atoms with E-state index in [0.29, 0.717) is 53.8 Å². The molecule has 0 bridgehead atoms. The Balaban J connectivity index is 1.54. The van der Waals surface area contributed by atoms with E-state index in [2.05, 4.69) is 9.88 Å². The van der Waals surface area contributed by atoms with Gasteiger partial charge in [0.15, 0.2) is 5.76 Å². The van der Waals surface area contributed by atoms with Crippen LogP contribution in [-0.4, -0.2) is 75.4 Å². The van der Waals surface area contributed by atoms with Crippen molar-refractivity contribution in [3.8, 4) is 0 Å². The van der Waals surface area contributed by atoms with Crippen molar-refractivity contribution in [1.82, 2.24) is 19.2 Å². The first kappa shape index (κ1) is 24.5. The van der Waals surface area contributed by atoms with Gasteiger partial charge in [0.1, 0.15) is 11.3 Å². The van der Waals surface area contributed by atoms with Gasteiger partial charge in [0, 0.05) is 37.4 Å². The number of Topliss-reactive ketones (excluding diaryl/α,β-unsaturated/α-hetero) is 1. The Kier molecular flexibility index (Phi) is 6.83. The molecular formula is C27H29ClN4O4. The minimum atomic E-state index is -0.725. The van der Waals surface area contributed by atoms with Gasteiger partial charge in [0.2, 0.25) is 0 Å². The number of hydrogen-bond donors (Lipinski definition) is 1. The first-order chi connectivity index (χ1) is 17.4. The van der Waals surface area contributed by atoms with Crippen LogP contribution in [0.15, 0.2) is 48.2 Å². The Bertz CT molecular complexity index is 1340. The molecule has 2 fully saturated rings. The zero-order chi connectivity index (χ0) is 25.4. The Labute approximate surface area is 214 Å². The molecule has 4 heterocycles. The maximum Gasteiger partial charge on any atom is 0.295 e. The molecule has 188 valence electrons. The molecule has 1 unspecified atom stereocenters. The summed E-state index contributed by atoms with van der Waals surface area (Å²) in [6.45, 7) is 8.06. The second-order valence-corrected chi connectivity index (χ2v) is 9.72. The number of likely N-dealkylation sites (tertiary alicyclic amines) is 1. The summed E-state index contributed by atoms with van der Waals surface area (Å²) in [6, 6.07) is 10.2. The van der Waals surface area contributed by atoms with Crippen molar-refractivity contribution in [2.24, 2.45) is 0 Å². The predicted octanol–water partition coefficient (Wildman–Crippen LogP) is 3.75. The van der Waals surface area contributed by atoms with E-state index in [4.69, 9.17) is 16.3 Å². The molecular weight excluding hydrogens is 480 g/mol. The number of aromatic nitrogens is 2. The first-order valence-corrected chi connectivity index (χ1v) is 12.5. The summed E-state index contributed by atoms with van der Waals surface area (Å²) < 4.78 is 7.29. The van der Waals surface area contributed by atoms with Crippen LogP contribution in [-0.2, 0) is 14.3 Å². The van der Waals surface area contributed by atoms with Crippen LogP contribution in [0.5, 0.6) is 0 Å². The zero-order valence-corrected chi connectivity index (χ0v) is 21.2. The van der Waals surface area contributed by atoms with Gasteiger partial charge in [-0.2, -0.15) is 0 Å². The van der Waals surface area contributed by atoms with Crippen LogP contribution in [0.25, 0.3) is 11.4 Å². The summed E-state index contributed by atoms with van der Waals surface area (Å²) >= 11 is 6.12. The minimum Gasteiger partial charge on any atom is -0.505 e. The number of fused-ring (bicyclic) bond motifs is 1. The number of nitrogens with zero attached hydrogens (tertiary/aromatic N) is 4. The van der Waals surface area contributed by atoms with E-state index in [1.54, 1.807) is 29.2 Å². The molecule has 1 amide bonds. The summed E-state index contributed by atoms with van der Waals surface area (Å²) in [5, 5.41) is 12.0. The lowest BCUT2D eigenvalue weighted by Gasteiger charge is -2.29. The molecule has 8 nitrogen and oxygen atoms in total. The fraction of sp³-hybridized carbons (Fsp3) is 0.370. The van der Waals surface area contributed by atoms with Crippen molar-refractivity contribution >= 4 is 34.7 Å². The number of aliphatic hydroxyl groups is 1. The zero-order valence-electron chi connectivity index (χ0n) is 20.4. The lowest BCUT2D eigenvalue weighted by Crippen LogP contribution is -2.38. The molecule has 1 aromatic carbocycles. The highest BCUT2D eigenvalue weighted by molar-refractivity contribution is 6.46. The quantitative estimate of drug-likeness (QED) is 0.310. The largest absolute Gasteiger partial charge is 0.505 e. The van der Waals surface area contributed by atoms with Crippen molar-refractivity contribution in [2.45, 2.75) is 26.3 Å². The number of halogens is 1. The van der Waals surface area contributed by atoms with Crippen LogP contribution in [0.3, 0.4) is 0 Å². The molecule has 2 aliphatic rings. The standard InChI is InChI=1S/C27H29ClN4O4/c1-17-5-3-11-31-18(2)22(29-26(17)31)24(33)21-23(19-6-8-20(28)9-7-19)32(27(35)25(21)34)12-4-10-30-13-15-36-16-14-30/h3,5-9,11,23,33H,4,10,12-16H2,1-2H3. The molecule has 3 aromatic rings. The summed E-state index contributed by atoms with van der Waals surface area (Å²) in [7, 11) is 0. The number of aliphatic hydroxyl groups excluding tert-OH is 1. The molecule has 0 saturated carbocycles. The second kappa shape index (κ2) is 10.0. The van der Waals surface area contributed by atoms with Crippen molar-refractivity contribution in [1.29, 1.82) is 0 Å². The number of ketones is 1. The van der Waals surface area contributed by atoms with Crippen LogP contribution in [0.1, 0.15) is 35.0 Å². The van der Waals surface area contributed by atoms with E-state index in [-0.39, 0.29) is 11.3 Å². The van der Waals surface area contributed by atoms with E-state index < -0.39 is 17.7 Å². The van der Waals surface area contributed by atoms with Gasteiger partial charge >= 0.3 is 0 Å². The first-order valence-electron chi connectivity index (χ1n) is 12.2. The number of benzene rings is 1. The average Bonchev–Trinajstić information content (AvgIpc) is 3.35. The van der Waals surface area contributed by atoms with Gasteiger partial charge in [-0.05, 0) is 49.6 Å². The smallest absolute Gasteiger partial charge is 0.295 e. The molecule has 5 rings (SSSR count). The van der Waals surface area contributed by atoms with Crippen molar-refractivity contribution < 1.29 is 19.4 Å². The molecule has 2 aromatic heterocycles. The number of hydrogen-bond acceptors (Lipinski definition) is 6. The van der Waals surface area contributed by atoms with Gasteiger partial charge in [-0.15, -0.1) is 0 Å². The minimum absolute atomic E-state index is 0.0536. The summed E-state index contributed by atoms with van der Waals surface area (Å²) in [5.41, 5.74) is 3.40. The number of rotatable bonds is 6. The number of amides is 1. The number of ether oxygens (including phenoxy) is 1. The van der Waals surface area contributed by atoms with Crippen LogP contribution in [0, 0.1) is 13.8 Å². The highest BCUT2D eigenvalue weighted by Gasteiger charge is 2.46. The van der Waals surface area contributed by atoms with Gasteiger partial charge in [0.05, 0.1) is 30.5 Å². The highest BCUT2D eigenvalue weighted by Crippen LogP contribution is 2.40. The molecule has 2 aliphatic heterocycles. The number of aryl methyl sites for hydroxylation is 2. The average molecular weight is 509 g/mol. The SMILES string of the molecule is Cc1cccn2c(C)c(C(O)=C3C(=O)C(=O)N(CCCN4CCOCC4)C3c3ccc(Cl)cc3)nc12.